The van der Waals surface area contributed by atoms with Crippen molar-refractivity contribution in [3.63, 3.8) is 0 Å². The van der Waals surface area contributed by atoms with Gasteiger partial charge >= 0.3 is 0 Å². The molecule has 3 heteroatoms. The van der Waals surface area contributed by atoms with Gasteiger partial charge in [-0.2, -0.15) is 0 Å². The fourth-order valence-corrected chi connectivity index (χ4v) is 6.52. The van der Waals surface area contributed by atoms with Gasteiger partial charge in [-0.1, -0.05) is 103 Å². The van der Waals surface area contributed by atoms with E-state index in [4.69, 9.17) is 0 Å². The van der Waals surface area contributed by atoms with Crippen LogP contribution in [-0.2, 0) is 0 Å². The molecule has 0 aromatic heterocycles. The first-order valence-corrected chi connectivity index (χ1v) is 13.9. The van der Waals surface area contributed by atoms with Crippen LogP contribution in [0.3, 0.4) is 0 Å². The molecule has 0 saturated heterocycles. The third-order valence-electron chi connectivity index (χ3n) is 8.30. The summed E-state index contributed by atoms with van der Waals surface area (Å²) in [6.45, 7) is 2.29. The predicted octanol–water partition coefficient (Wildman–Crippen LogP) is 7.74. The Morgan fingerprint density at radius 1 is 0.425 bits per heavy atom. The maximum absolute atomic E-state index is 2.47. The minimum atomic E-state index is 0.142. The van der Waals surface area contributed by atoms with Crippen molar-refractivity contribution in [2.45, 2.75) is 6.92 Å². The Bertz CT molecular complexity index is 1860. The van der Waals surface area contributed by atoms with Crippen molar-refractivity contribution in [2.75, 3.05) is 9.80 Å². The first-order chi connectivity index (χ1) is 19.8. The second kappa shape index (κ2) is 9.03. The quantitative estimate of drug-likeness (QED) is 0.224. The third-order valence-corrected chi connectivity index (χ3v) is 8.30. The molecule has 2 aliphatic rings. The number of fused-ring (bicyclic) bond motifs is 4. The molecule has 0 unspecified atom stereocenters. The molecule has 0 fully saturated rings. The summed E-state index contributed by atoms with van der Waals surface area (Å²) in [5.74, 6) is 0. The summed E-state index contributed by atoms with van der Waals surface area (Å²) < 4.78 is 0. The average Bonchev–Trinajstić information content (AvgIpc) is 3.02. The summed E-state index contributed by atoms with van der Waals surface area (Å²) in [6, 6.07) is 53.1. The first-order valence-electron chi connectivity index (χ1n) is 13.9. The molecule has 0 spiro atoms. The standard InChI is InChI=1S/C37H27BN2/c1-26-20-22-30(23-21-26)40-34-19-11-9-17-32(34)38-31-16-8-10-18-33(31)39(29-14-6-3-7-15-29)35-24-28(25-36(40)37(35)38)27-12-4-2-5-13-27/h2-25H,1H3. The minimum absolute atomic E-state index is 0.142. The molecule has 2 heterocycles. The molecule has 0 atom stereocenters. The van der Waals surface area contributed by atoms with E-state index in [2.05, 4.69) is 162 Å². The first kappa shape index (κ1) is 22.9. The van der Waals surface area contributed by atoms with Crippen molar-refractivity contribution in [2.24, 2.45) is 0 Å². The van der Waals surface area contributed by atoms with E-state index in [1.54, 1.807) is 0 Å². The van der Waals surface area contributed by atoms with Gasteiger partial charge in [-0.25, -0.2) is 0 Å². The van der Waals surface area contributed by atoms with Gasteiger partial charge in [-0.15, -0.1) is 0 Å². The lowest BCUT2D eigenvalue weighted by Crippen LogP contribution is -2.61. The number of hydrogen-bond donors (Lipinski definition) is 0. The Hall–Kier alpha value is -5.02. The Morgan fingerprint density at radius 2 is 0.900 bits per heavy atom. The number of para-hydroxylation sites is 3. The van der Waals surface area contributed by atoms with Gasteiger partial charge in [0.25, 0.3) is 6.71 Å². The van der Waals surface area contributed by atoms with Gasteiger partial charge in [-0.3, -0.25) is 0 Å². The van der Waals surface area contributed by atoms with E-state index >= 15 is 0 Å². The predicted molar refractivity (Wildman–Crippen MR) is 171 cm³/mol. The van der Waals surface area contributed by atoms with Gasteiger partial charge in [0.15, 0.2) is 0 Å². The van der Waals surface area contributed by atoms with Gasteiger partial charge < -0.3 is 9.80 Å². The summed E-state index contributed by atoms with van der Waals surface area (Å²) in [5.41, 5.74) is 15.0. The van der Waals surface area contributed by atoms with Crippen molar-refractivity contribution in [3.05, 3.63) is 151 Å². The molecule has 0 bridgehead atoms. The highest BCUT2D eigenvalue weighted by atomic mass is 15.2. The van der Waals surface area contributed by atoms with Crippen LogP contribution in [0, 0.1) is 6.92 Å². The summed E-state index contributed by atoms with van der Waals surface area (Å²) in [6.07, 6.45) is 0. The van der Waals surface area contributed by atoms with Crippen molar-refractivity contribution >= 4 is 57.2 Å². The zero-order valence-electron chi connectivity index (χ0n) is 22.3. The third kappa shape index (κ3) is 3.44. The molecule has 0 radical (unpaired) electrons. The molecule has 0 amide bonds. The molecule has 188 valence electrons. The SMILES string of the molecule is Cc1ccc(N2c3ccccc3B3c4ccccc4N(c4ccccc4)c4cc(-c5ccccc5)cc2c43)cc1. The smallest absolute Gasteiger partial charge is 0.252 e. The Morgan fingerprint density at radius 3 is 1.48 bits per heavy atom. The molecule has 6 aromatic carbocycles. The van der Waals surface area contributed by atoms with E-state index in [0.717, 1.165) is 0 Å². The maximum atomic E-state index is 2.47. The number of anilines is 6. The summed E-state index contributed by atoms with van der Waals surface area (Å²) >= 11 is 0. The lowest BCUT2D eigenvalue weighted by Gasteiger charge is -2.44. The van der Waals surface area contributed by atoms with Crippen LogP contribution in [0.15, 0.2) is 146 Å². The zero-order chi connectivity index (χ0) is 26.6. The minimum Gasteiger partial charge on any atom is -0.311 e. The largest absolute Gasteiger partial charge is 0.311 e. The van der Waals surface area contributed by atoms with Gasteiger partial charge in [0, 0.05) is 34.1 Å². The second-order valence-electron chi connectivity index (χ2n) is 10.7. The van der Waals surface area contributed by atoms with Crippen LogP contribution in [0.4, 0.5) is 34.1 Å². The number of nitrogens with zero attached hydrogens (tertiary/aromatic N) is 2. The van der Waals surface area contributed by atoms with Crippen molar-refractivity contribution < 1.29 is 0 Å². The van der Waals surface area contributed by atoms with Gasteiger partial charge in [0.2, 0.25) is 0 Å². The summed E-state index contributed by atoms with van der Waals surface area (Å²) in [5, 5.41) is 0. The average molecular weight is 510 g/mol. The molecule has 2 aliphatic heterocycles. The molecule has 0 aliphatic carbocycles. The molecule has 0 saturated carbocycles. The van der Waals surface area contributed by atoms with Crippen LogP contribution in [-0.4, -0.2) is 6.71 Å². The molecule has 6 aromatic rings. The Labute approximate surface area is 235 Å². The lowest BCUT2D eigenvalue weighted by molar-refractivity contribution is 1.25. The number of hydrogen-bond acceptors (Lipinski definition) is 2. The van der Waals surface area contributed by atoms with E-state index in [1.165, 1.54) is 67.2 Å². The molecule has 8 rings (SSSR count). The molecular weight excluding hydrogens is 483 g/mol. The Kier molecular flexibility index (Phi) is 5.18. The van der Waals surface area contributed by atoms with Gasteiger partial charge in [-0.05, 0) is 83.0 Å². The Balaban J connectivity index is 1.51. The zero-order valence-corrected chi connectivity index (χ0v) is 22.3. The number of aryl methyl sites for hydroxylation is 1. The van der Waals surface area contributed by atoms with E-state index in [9.17, 15) is 0 Å². The fraction of sp³-hybridized carbons (Fsp3) is 0.0270. The van der Waals surface area contributed by atoms with Gasteiger partial charge in [0.05, 0.1) is 0 Å². The topological polar surface area (TPSA) is 6.48 Å². The lowest BCUT2D eigenvalue weighted by atomic mass is 9.33. The molecule has 0 N–H and O–H groups in total. The van der Waals surface area contributed by atoms with Crippen molar-refractivity contribution in [3.8, 4) is 11.1 Å². The fourth-order valence-electron chi connectivity index (χ4n) is 6.52. The highest BCUT2D eigenvalue weighted by Crippen LogP contribution is 2.45. The molecular formula is C37H27BN2. The maximum Gasteiger partial charge on any atom is 0.252 e. The highest BCUT2D eigenvalue weighted by Gasteiger charge is 2.43. The summed E-state index contributed by atoms with van der Waals surface area (Å²) in [7, 11) is 0. The van der Waals surface area contributed by atoms with Crippen LogP contribution < -0.4 is 26.2 Å². The highest BCUT2D eigenvalue weighted by molar-refractivity contribution is 7.00. The van der Waals surface area contributed by atoms with E-state index in [-0.39, 0.29) is 6.71 Å². The number of rotatable bonds is 3. The van der Waals surface area contributed by atoms with E-state index < -0.39 is 0 Å². The van der Waals surface area contributed by atoms with Gasteiger partial charge in [0.1, 0.15) is 0 Å². The van der Waals surface area contributed by atoms with E-state index in [1.807, 2.05) is 0 Å². The van der Waals surface area contributed by atoms with Crippen LogP contribution in [0.1, 0.15) is 5.56 Å². The van der Waals surface area contributed by atoms with Crippen LogP contribution in [0.2, 0.25) is 0 Å². The van der Waals surface area contributed by atoms with E-state index in [0.29, 0.717) is 0 Å². The van der Waals surface area contributed by atoms with Crippen LogP contribution in [0.25, 0.3) is 11.1 Å². The van der Waals surface area contributed by atoms with Crippen molar-refractivity contribution in [1.82, 2.24) is 0 Å². The second-order valence-corrected chi connectivity index (χ2v) is 10.7. The van der Waals surface area contributed by atoms with Crippen LogP contribution in [0.5, 0.6) is 0 Å². The number of benzene rings is 6. The molecule has 40 heavy (non-hydrogen) atoms. The van der Waals surface area contributed by atoms with Crippen LogP contribution >= 0.6 is 0 Å². The van der Waals surface area contributed by atoms with Crippen molar-refractivity contribution in [1.29, 1.82) is 0 Å². The normalized spacial score (nSPS) is 13.0. The monoisotopic (exact) mass is 510 g/mol. The summed E-state index contributed by atoms with van der Waals surface area (Å²) in [4.78, 5) is 4.92. The molecule has 2 nitrogen and oxygen atoms in total.